The van der Waals surface area contributed by atoms with E-state index in [0.29, 0.717) is 29.3 Å². The minimum Gasteiger partial charge on any atom is -0.459 e. The van der Waals surface area contributed by atoms with Crippen LogP contribution in [0.1, 0.15) is 43.5 Å². The Kier molecular flexibility index (Phi) is 4.19. The molecule has 0 N–H and O–H groups in total. The van der Waals surface area contributed by atoms with E-state index in [0.717, 1.165) is 25.0 Å². The zero-order valence-electron chi connectivity index (χ0n) is 14.1. The minimum atomic E-state index is -0.270. The predicted molar refractivity (Wildman–Crippen MR) is 92.4 cm³/mol. The standard InChI is InChI=1S/C18H20N2O4S/c1-10-9-25-18-19-14(7-15(21)20(10)18)8-24-17(23)13-5-11-3-2-4-12(6-13)16(11)22/h7,9,11-13H,2-6,8H2,1H3/t11-,12+,13?. The van der Waals surface area contributed by atoms with E-state index in [1.807, 2.05) is 12.3 Å². The molecule has 0 spiro atoms. The zero-order chi connectivity index (χ0) is 17.6. The molecule has 0 aromatic carbocycles. The molecule has 25 heavy (non-hydrogen) atoms. The van der Waals surface area contributed by atoms with Gasteiger partial charge in [-0.25, -0.2) is 4.98 Å². The third-order valence-electron chi connectivity index (χ3n) is 5.37. The summed E-state index contributed by atoms with van der Waals surface area (Å²) in [5.74, 6) is -0.0874. The van der Waals surface area contributed by atoms with Crippen molar-refractivity contribution in [3.05, 3.63) is 33.2 Å². The van der Waals surface area contributed by atoms with Crippen LogP contribution in [0.2, 0.25) is 0 Å². The quantitative estimate of drug-likeness (QED) is 0.786. The second kappa shape index (κ2) is 6.37. The van der Waals surface area contributed by atoms with Gasteiger partial charge in [-0.3, -0.25) is 18.8 Å². The number of thiazole rings is 1. The first-order valence-corrected chi connectivity index (χ1v) is 9.58. The van der Waals surface area contributed by atoms with E-state index >= 15 is 0 Å². The minimum absolute atomic E-state index is 0.00129. The molecule has 2 aromatic rings. The average Bonchev–Trinajstić information content (AvgIpc) is 2.94. The summed E-state index contributed by atoms with van der Waals surface area (Å²) >= 11 is 1.39. The Bertz CT molecular complexity index is 884. The van der Waals surface area contributed by atoms with Crippen molar-refractivity contribution in [1.29, 1.82) is 0 Å². The molecule has 0 aliphatic heterocycles. The highest BCUT2D eigenvalue weighted by atomic mass is 32.1. The number of esters is 1. The van der Waals surface area contributed by atoms with Gasteiger partial charge < -0.3 is 4.74 Å². The highest BCUT2D eigenvalue weighted by Gasteiger charge is 2.41. The Morgan fingerprint density at radius 2 is 2.04 bits per heavy atom. The fourth-order valence-corrected chi connectivity index (χ4v) is 5.00. The highest BCUT2D eigenvalue weighted by Crippen LogP contribution is 2.40. The number of carbonyl (C=O) groups is 2. The topological polar surface area (TPSA) is 77.7 Å². The summed E-state index contributed by atoms with van der Waals surface area (Å²) < 4.78 is 6.97. The first-order valence-electron chi connectivity index (χ1n) is 8.70. The maximum Gasteiger partial charge on any atom is 0.309 e. The Morgan fingerprint density at radius 1 is 1.32 bits per heavy atom. The van der Waals surface area contributed by atoms with Gasteiger partial charge in [0.15, 0.2) is 4.96 Å². The van der Waals surface area contributed by atoms with E-state index in [4.69, 9.17) is 4.74 Å². The van der Waals surface area contributed by atoms with Crippen molar-refractivity contribution < 1.29 is 14.3 Å². The van der Waals surface area contributed by atoms with Crippen LogP contribution in [0.5, 0.6) is 0 Å². The van der Waals surface area contributed by atoms with E-state index in [9.17, 15) is 14.4 Å². The van der Waals surface area contributed by atoms with Crippen molar-refractivity contribution >= 4 is 28.1 Å². The van der Waals surface area contributed by atoms with Crippen molar-refractivity contribution in [3.63, 3.8) is 0 Å². The highest BCUT2D eigenvalue weighted by molar-refractivity contribution is 7.15. The molecular formula is C18H20N2O4S. The number of aryl methyl sites for hydroxylation is 1. The summed E-state index contributed by atoms with van der Waals surface area (Å²) in [5.41, 5.74) is 1.15. The van der Waals surface area contributed by atoms with Crippen molar-refractivity contribution in [1.82, 2.24) is 9.38 Å². The van der Waals surface area contributed by atoms with Crippen LogP contribution in [-0.2, 0) is 20.9 Å². The smallest absolute Gasteiger partial charge is 0.309 e. The molecule has 2 aliphatic carbocycles. The Morgan fingerprint density at radius 3 is 2.76 bits per heavy atom. The Labute approximate surface area is 148 Å². The predicted octanol–water partition coefficient (Wildman–Crippen LogP) is 2.50. The molecule has 2 saturated carbocycles. The molecular weight excluding hydrogens is 340 g/mol. The molecule has 0 saturated heterocycles. The second-order valence-corrected chi connectivity index (χ2v) is 7.92. The van der Waals surface area contributed by atoms with Gasteiger partial charge >= 0.3 is 5.97 Å². The fourth-order valence-electron chi connectivity index (χ4n) is 4.11. The summed E-state index contributed by atoms with van der Waals surface area (Å²) in [6, 6.07) is 1.42. The SMILES string of the molecule is Cc1csc2nc(COC(=O)C3C[C@H]4CCC[C@@H](C3)C4=O)cc(=O)n12. The van der Waals surface area contributed by atoms with Crippen molar-refractivity contribution in [2.75, 3.05) is 0 Å². The molecule has 2 heterocycles. The van der Waals surface area contributed by atoms with Gasteiger partial charge in [0.2, 0.25) is 0 Å². The van der Waals surface area contributed by atoms with Gasteiger partial charge in [0.05, 0.1) is 11.6 Å². The number of fused-ring (bicyclic) bond motifs is 3. The van der Waals surface area contributed by atoms with E-state index in [-0.39, 0.29) is 35.9 Å². The summed E-state index contributed by atoms with van der Waals surface area (Å²) in [6.45, 7) is 1.86. The van der Waals surface area contributed by atoms with Gasteiger partial charge in [-0.2, -0.15) is 0 Å². The van der Waals surface area contributed by atoms with Crippen LogP contribution in [-0.4, -0.2) is 21.1 Å². The molecule has 2 aromatic heterocycles. The summed E-state index contributed by atoms with van der Waals surface area (Å²) in [4.78, 5) is 41.7. The lowest BCUT2D eigenvalue weighted by atomic mass is 9.67. The number of nitrogens with zero attached hydrogens (tertiary/aromatic N) is 2. The summed E-state index contributed by atoms with van der Waals surface area (Å²) in [7, 11) is 0. The second-order valence-electron chi connectivity index (χ2n) is 7.08. The molecule has 2 aliphatic rings. The zero-order valence-corrected chi connectivity index (χ0v) is 14.9. The van der Waals surface area contributed by atoms with Crippen LogP contribution in [0.3, 0.4) is 0 Å². The van der Waals surface area contributed by atoms with Crippen LogP contribution < -0.4 is 5.56 Å². The maximum absolute atomic E-state index is 12.4. The molecule has 6 nitrogen and oxygen atoms in total. The summed E-state index contributed by atoms with van der Waals surface area (Å²) in [6.07, 6.45) is 4.08. The number of hydrogen-bond donors (Lipinski definition) is 0. The van der Waals surface area contributed by atoms with Crippen LogP contribution in [0, 0.1) is 24.7 Å². The van der Waals surface area contributed by atoms with E-state index in [1.165, 1.54) is 17.4 Å². The number of Topliss-reactive ketones (excluding diaryl/α,β-unsaturated/α-hetero) is 1. The van der Waals surface area contributed by atoms with Crippen molar-refractivity contribution in [3.8, 4) is 0 Å². The average molecular weight is 360 g/mol. The van der Waals surface area contributed by atoms with E-state index in [2.05, 4.69) is 4.98 Å². The lowest BCUT2D eigenvalue weighted by Crippen LogP contribution is -2.39. The third-order valence-corrected chi connectivity index (χ3v) is 6.32. The third kappa shape index (κ3) is 3.01. The molecule has 4 rings (SSSR count). The maximum atomic E-state index is 12.4. The van der Waals surface area contributed by atoms with Crippen molar-refractivity contribution in [2.45, 2.75) is 45.6 Å². The van der Waals surface area contributed by atoms with Crippen LogP contribution in [0.15, 0.2) is 16.2 Å². The van der Waals surface area contributed by atoms with Crippen LogP contribution >= 0.6 is 11.3 Å². The number of aromatic nitrogens is 2. The molecule has 1 unspecified atom stereocenters. The number of rotatable bonds is 3. The lowest BCUT2D eigenvalue weighted by Gasteiger charge is -2.36. The summed E-state index contributed by atoms with van der Waals surface area (Å²) in [5, 5.41) is 1.87. The van der Waals surface area contributed by atoms with E-state index < -0.39 is 0 Å². The normalized spacial score (nSPS) is 26.0. The van der Waals surface area contributed by atoms with Crippen molar-refractivity contribution in [2.24, 2.45) is 17.8 Å². The first-order chi connectivity index (χ1) is 12.0. The Balaban J connectivity index is 1.44. The van der Waals surface area contributed by atoms with Gasteiger partial charge in [0.1, 0.15) is 12.4 Å². The Hall–Kier alpha value is -2.02. The van der Waals surface area contributed by atoms with Crippen LogP contribution in [0.4, 0.5) is 0 Å². The number of carbonyl (C=O) groups excluding carboxylic acids is 2. The monoisotopic (exact) mass is 360 g/mol. The number of ketones is 1. The fraction of sp³-hybridized carbons (Fsp3) is 0.556. The molecule has 2 fully saturated rings. The molecule has 0 radical (unpaired) electrons. The van der Waals surface area contributed by atoms with Gasteiger partial charge in [-0.05, 0) is 32.6 Å². The van der Waals surface area contributed by atoms with Gasteiger partial charge in [-0.15, -0.1) is 11.3 Å². The lowest BCUT2D eigenvalue weighted by molar-refractivity contribution is -0.154. The molecule has 2 bridgehead atoms. The van der Waals surface area contributed by atoms with E-state index in [1.54, 1.807) is 4.40 Å². The molecule has 132 valence electrons. The first kappa shape index (κ1) is 16.4. The van der Waals surface area contributed by atoms with Gasteiger partial charge in [-0.1, -0.05) is 6.42 Å². The number of hydrogen-bond acceptors (Lipinski definition) is 6. The van der Waals surface area contributed by atoms with Crippen LogP contribution in [0.25, 0.3) is 4.96 Å². The molecule has 3 atom stereocenters. The molecule has 0 amide bonds. The van der Waals surface area contributed by atoms with Gasteiger partial charge in [0, 0.05) is 29.0 Å². The molecule has 7 heteroatoms. The largest absolute Gasteiger partial charge is 0.459 e. The number of ether oxygens (including phenoxy) is 1. The van der Waals surface area contributed by atoms with Gasteiger partial charge in [0.25, 0.3) is 5.56 Å².